The molecule has 0 aliphatic heterocycles. The molecule has 0 heterocycles. The highest BCUT2D eigenvalue weighted by molar-refractivity contribution is 6.52. The van der Waals surface area contributed by atoms with Crippen LogP contribution in [0.1, 0.15) is 12.8 Å². The van der Waals surface area contributed by atoms with Crippen LogP contribution in [0.15, 0.2) is 0 Å². The molecule has 0 bridgehead atoms. The predicted molar refractivity (Wildman–Crippen MR) is 47.8 cm³/mol. The van der Waals surface area contributed by atoms with Crippen molar-refractivity contribution in [3.05, 3.63) is 0 Å². The summed E-state index contributed by atoms with van der Waals surface area (Å²) in [6.07, 6.45) is 0.352. The zero-order chi connectivity index (χ0) is 10.1. The number of carbonyl (C=O) groups is 2. The van der Waals surface area contributed by atoms with Gasteiger partial charge in [0.05, 0.1) is 12.3 Å². The number of nitrogens with one attached hydrogen (secondary N) is 1. The summed E-state index contributed by atoms with van der Waals surface area (Å²) in [5.74, 6) is -1.60. The van der Waals surface area contributed by atoms with Gasteiger partial charge in [-0.2, -0.15) is 0 Å². The maximum absolute atomic E-state index is 11.1. The van der Waals surface area contributed by atoms with E-state index in [0.29, 0.717) is 6.42 Å². The smallest absolute Gasteiger partial charge is 0.305 e. The average molecular weight is 226 g/mol. The first kappa shape index (κ1) is 10.6. The summed E-state index contributed by atoms with van der Waals surface area (Å²) in [5.41, 5.74) is 0. The summed E-state index contributed by atoms with van der Waals surface area (Å²) in [6.45, 7) is 0.120. The Morgan fingerprint density at radius 1 is 1.54 bits per heavy atom. The van der Waals surface area contributed by atoms with Gasteiger partial charge in [-0.1, -0.05) is 0 Å². The maximum Gasteiger partial charge on any atom is 0.305 e. The lowest BCUT2D eigenvalue weighted by Gasteiger charge is -2.02. The normalized spacial score (nSPS) is 23.7. The summed E-state index contributed by atoms with van der Waals surface area (Å²) < 4.78 is -0.937. The van der Waals surface area contributed by atoms with Crippen molar-refractivity contribution in [2.75, 3.05) is 6.54 Å². The molecular weight excluding hydrogens is 217 g/mol. The van der Waals surface area contributed by atoms with Crippen LogP contribution in [0.2, 0.25) is 0 Å². The molecule has 0 aromatic carbocycles. The van der Waals surface area contributed by atoms with Crippen molar-refractivity contribution >= 4 is 35.1 Å². The first-order valence-electron chi connectivity index (χ1n) is 3.81. The molecule has 4 nitrogen and oxygen atoms in total. The highest BCUT2D eigenvalue weighted by Crippen LogP contribution is 2.53. The van der Waals surface area contributed by atoms with Crippen LogP contribution in [0.4, 0.5) is 0 Å². The lowest BCUT2D eigenvalue weighted by atomic mass is 10.3. The topological polar surface area (TPSA) is 66.4 Å². The minimum Gasteiger partial charge on any atom is -0.481 e. The summed E-state index contributed by atoms with van der Waals surface area (Å²) in [4.78, 5) is 21.2. The average Bonchev–Trinajstić information content (AvgIpc) is 2.59. The van der Waals surface area contributed by atoms with E-state index < -0.39 is 10.3 Å². The van der Waals surface area contributed by atoms with Gasteiger partial charge in [0.25, 0.3) is 0 Å². The van der Waals surface area contributed by atoms with Crippen molar-refractivity contribution < 1.29 is 14.7 Å². The van der Waals surface area contributed by atoms with E-state index in [4.69, 9.17) is 28.3 Å². The largest absolute Gasteiger partial charge is 0.481 e. The summed E-state index contributed by atoms with van der Waals surface area (Å²) in [6, 6.07) is 0. The molecular formula is C7H9Cl2NO3. The molecule has 1 amide bonds. The summed E-state index contributed by atoms with van der Waals surface area (Å²) in [7, 11) is 0. The van der Waals surface area contributed by atoms with Gasteiger partial charge in [-0.15, -0.1) is 23.2 Å². The van der Waals surface area contributed by atoms with Gasteiger partial charge in [-0.25, -0.2) is 0 Å². The first-order valence-corrected chi connectivity index (χ1v) is 4.56. The molecule has 0 aromatic heterocycles. The van der Waals surface area contributed by atoms with Crippen LogP contribution in [0, 0.1) is 5.92 Å². The van der Waals surface area contributed by atoms with Crippen molar-refractivity contribution in [1.82, 2.24) is 5.32 Å². The third-order valence-corrected chi connectivity index (χ3v) is 2.62. The van der Waals surface area contributed by atoms with E-state index in [1.807, 2.05) is 0 Å². The zero-order valence-electron chi connectivity index (χ0n) is 6.72. The van der Waals surface area contributed by atoms with Gasteiger partial charge in [0, 0.05) is 6.54 Å². The number of carboxylic acid groups (broad SMARTS) is 1. The molecule has 1 aliphatic rings. The molecule has 0 aromatic rings. The van der Waals surface area contributed by atoms with Crippen LogP contribution in [0.5, 0.6) is 0 Å². The first-order chi connectivity index (χ1) is 5.93. The van der Waals surface area contributed by atoms with Crippen molar-refractivity contribution in [2.24, 2.45) is 5.92 Å². The van der Waals surface area contributed by atoms with Crippen molar-refractivity contribution in [1.29, 1.82) is 0 Å². The number of alkyl halides is 2. The van der Waals surface area contributed by atoms with Gasteiger partial charge in [0.1, 0.15) is 4.33 Å². The van der Waals surface area contributed by atoms with E-state index in [-0.39, 0.29) is 24.8 Å². The van der Waals surface area contributed by atoms with Crippen molar-refractivity contribution in [2.45, 2.75) is 17.2 Å². The van der Waals surface area contributed by atoms with Crippen molar-refractivity contribution in [3.63, 3.8) is 0 Å². The molecule has 1 saturated carbocycles. The summed E-state index contributed by atoms with van der Waals surface area (Å²) in [5, 5.41) is 10.7. The molecule has 1 unspecified atom stereocenters. The Kier molecular flexibility index (Phi) is 3.03. The molecule has 2 N–H and O–H groups in total. The fourth-order valence-corrected chi connectivity index (χ4v) is 1.42. The Morgan fingerprint density at radius 3 is 2.46 bits per heavy atom. The molecule has 1 aliphatic carbocycles. The SMILES string of the molecule is O=C(O)CCNC(=O)C1CC1(Cl)Cl. The Balaban J connectivity index is 2.17. The second kappa shape index (κ2) is 3.72. The van der Waals surface area contributed by atoms with E-state index in [0.717, 1.165) is 0 Å². The van der Waals surface area contributed by atoms with Crippen molar-refractivity contribution in [3.8, 4) is 0 Å². The maximum atomic E-state index is 11.1. The minimum absolute atomic E-state index is 0.0873. The highest BCUT2D eigenvalue weighted by Gasteiger charge is 2.56. The standard InChI is InChI=1S/C7H9Cl2NO3/c8-7(9)3-4(7)6(13)10-2-1-5(11)12/h4H,1-3H2,(H,10,13)(H,11,12). The number of amides is 1. The van der Waals surface area contributed by atoms with Gasteiger partial charge in [-0.3, -0.25) is 9.59 Å². The highest BCUT2D eigenvalue weighted by atomic mass is 35.5. The second-order valence-corrected chi connectivity index (χ2v) is 4.49. The number of rotatable bonds is 4. The molecule has 1 fully saturated rings. The number of carboxylic acids is 1. The molecule has 0 radical (unpaired) electrons. The Labute approximate surface area is 85.2 Å². The predicted octanol–water partition coefficient (Wildman–Crippen LogP) is 0.771. The molecule has 0 spiro atoms. The van der Waals surface area contributed by atoms with Crippen LogP contribution in [-0.4, -0.2) is 27.9 Å². The van der Waals surface area contributed by atoms with Crippen LogP contribution >= 0.6 is 23.2 Å². The zero-order valence-corrected chi connectivity index (χ0v) is 8.23. The molecule has 1 atom stereocenters. The fourth-order valence-electron chi connectivity index (χ4n) is 0.914. The Hall–Kier alpha value is -0.480. The van der Waals surface area contributed by atoms with Gasteiger partial charge in [0.15, 0.2) is 0 Å². The Bertz CT molecular complexity index is 242. The number of aliphatic carboxylic acids is 1. The van der Waals surface area contributed by atoms with Crippen LogP contribution < -0.4 is 5.32 Å². The quantitative estimate of drug-likeness (QED) is 0.695. The van der Waals surface area contributed by atoms with E-state index in [1.165, 1.54) is 0 Å². The lowest BCUT2D eigenvalue weighted by Crippen LogP contribution is -2.28. The van der Waals surface area contributed by atoms with Gasteiger partial charge in [0.2, 0.25) is 5.91 Å². The lowest BCUT2D eigenvalue weighted by molar-refractivity contribution is -0.136. The Morgan fingerprint density at radius 2 is 2.08 bits per heavy atom. The second-order valence-electron chi connectivity index (χ2n) is 2.95. The summed E-state index contributed by atoms with van der Waals surface area (Å²) >= 11 is 11.3. The molecule has 0 saturated heterocycles. The molecule has 6 heteroatoms. The molecule has 1 rings (SSSR count). The third-order valence-electron chi connectivity index (χ3n) is 1.78. The van der Waals surface area contributed by atoms with Crippen LogP contribution in [0.3, 0.4) is 0 Å². The van der Waals surface area contributed by atoms with Gasteiger partial charge in [-0.05, 0) is 6.42 Å². The molecule has 13 heavy (non-hydrogen) atoms. The molecule has 74 valence electrons. The third kappa shape index (κ3) is 3.04. The van der Waals surface area contributed by atoms with E-state index in [9.17, 15) is 9.59 Å². The van der Waals surface area contributed by atoms with Crippen LogP contribution in [-0.2, 0) is 9.59 Å². The monoisotopic (exact) mass is 225 g/mol. The number of hydrogen-bond donors (Lipinski definition) is 2. The van der Waals surface area contributed by atoms with Gasteiger partial charge >= 0.3 is 5.97 Å². The number of carbonyl (C=O) groups excluding carboxylic acids is 1. The van der Waals surface area contributed by atoms with E-state index in [1.54, 1.807) is 0 Å². The van der Waals surface area contributed by atoms with Crippen LogP contribution in [0.25, 0.3) is 0 Å². The minimum atomic E-state index is -0.945. The fraction of sp³-hybridized carbons (Fsp3) is 0.714. The van der Waals surface area contributed by atoms with E-state index >= 15 is 0 Å². The van der Waals surface area contributed by atoms with E-state index in [2.05, 4.69) is 5.32 Å². The number of hydrogen-bond acceptors (Lipinski definition) is 2. The van der Waals surface area contributed by atoms with Gasteiger partial charge < -0.3 is 10.4 Å². The number of halogens is 2.